The van der Waals surface area contributed by atoms with Crippen molar-refractivity contribution in [2.75, 3.05) is 5.73 Å². The second-order valence-electron chi connectivity index (χ2n) is 6.13. The SMILES string of the molecule is Nc1ccc(C(=O)NCc2ccc(COc3ccccc3)cc2)cc1[N+](=O)[O-]. The molecule has 0 aromatic heterocycles. The molecule has 0 unspecified atom stereocenters. The molecule has 3 aromatic carbocycles. The van der Waals surface area contributed by atoms with Crippen LogP contribution in [-0.4, -0.2) is 10.8 Å². The predicted octanol–water partition coefficient (Wildman–Crippen LogP) is 3.69. The van der Waals surface area contributed by atoms with Gasteiger partial charge in [-0.1, -0.05) is 42.5 Å². The average molecular weight is 377 g/mol. The summed E-state index contributed by atoms with van der Waals surface area (Å²) >= 11 is 0. The Morgan fingerprint density at radius 2 is 1.68 bits per heavy atom. The number of carbonyl (C=O) groups excluding carboxylic acids is 1. The van der Waals surface area contributed by atoms with Gasteiger partial charge in [-0.15, -0.1) is 0 Å². The van der Waals surface area contributed by atoms with Crippen LogP contribution in [0.1, 0.15) is 21.5 Å². The summed E-state index contributed by atoms with van der Waals surface area (Å²) in [6.07, 6.45) is 0. The van der Waals surface area contributed by atoms with Gasteiger partial charge in [0.05, 0.1) is 4.92 Å². The van der Waals surface area contributed by atoms with Crippen molar-refractivity contribution in [3.63, 3.8) is 0 Å². The maximum absolute atomic E-state index is 12.2. The first kappa shape index (κ1) is 18.9. The quantitative estimate of drug-likeness (QED) is 0.371. The first-order valence-electron chi connectivity index (χ1n) is 8.61. The van der Waals surface area contributed by atoms with E-state index in [1.165, 1.54) is 18.2 Å². The third kappa shape index (κ3) is 4.85. The highest BCUT2D eigenvalue weighted by atomic mass is 16.6. The lowest BCUT2D eigenvalue weighted by molar-refractivity contribution is -0.383. The van der Waals surface area contributed by atoms with Crippen LogP contribution in [0, 0.1) is 10.1 Å². The molecule has 7 heteroatoms. The number of nitrogens with one attached hydrogen (secondary N) is 1. The van der Waals surface area contributed by atoms with Crippen molar-refractivity contribution in [1.82, 2.24) is 5.32 Å². The van der Waals surface area contributed by atoms with E-state index in [4.69, 9.17) is 10.5 Å². The largest absolute Gasteiger partial charge is 0.489 e. The van der Waals surface area contributed by atoms with Crippen LogP contribution in [0.3, 0.4) is 0 Å². The zero-order valence-electron chi connectivity index (χ0n) is 15.0. The van der Waals surface area contributed by atoms with E-state index >= 15 is 0 Å². The number of hydrogen-bond donors (Lipinski definition) is 2. The van der Waals surface area contributed by atoms with Gasteiger partial charge in [-0.3, -0.25) is 14.9 Å². The molecule has 0 saturated carbocycles. The first-order valence-corrected chi connectivity index (χ1v) is 8.61. The van der Waals surface area contributed by atoms with Gasteiger partial charge < -0.3 is 15.8 Å². The Labute approximate surface area is 161 Å². The lowest BCUT2D eigenvalue weighted by Gasteiger charge is -2.08. The Bertz CT molecular complexity index is 973. The minimum Gasteiger partial charge on any atom is -0.489 e. The van der Waals surface area contributed by atoms with Gasteiger partial charge in [0, 0.05) is 18.2 Å². The molecular weight excluding hydrogens is 358 g/mol. The molecule has 0 fully saturated rings. The van der Waals surface area contributed by atoms with Gasteiger partial charge in [-0.25, -0.2) is 0 Å². The Kier molecular flexibility index (Phi) is 5.86. The topological polar surface area (TPSA) is 107 Å². The molecule has 0 saturated heterocycles. The fourth-order valence-electron chi connectivity index (χ4n) is 2.56. The normalized spacial score (nSPS) is 10.3. The van der Waals surface area contributed by atoms with Crippen LogP contribution in [-0.2, 0) is 13.2 Å². The van der Waals surface area contributed by atoms with Gasteiger partial charge >= 0.3 is 0 Å². The second kappa shape index (κ2) is 8.68. The predicted molar refractivity (Wildman–Crippen MR) is 106 cm³/mol. The Morgan fingerprint density at radius 1 is 1.00 bits per heavy atom. The molecule has 28 heavy (non-hydrogen) atoms. The molecule has 0 aliphatic rings. The molecule has 0 heterocycles. The van der Waals surface area contributed by atoms with Crippen molar-refractivity contribution < 1.29 is 14.5 Å². The number of nitrogens with two attached hydrogens (primary N) is 1. The number of ether oxygens (including phenoxy) is 1. The summed E-state index contributed by atoms with van der Waals surface area (Å²) in [7, 11) is 0. The average Bonchev–Trinajstić information content (AvgIpc) is 2.72. The number of benzene rings is 3. The molecule has 7 nitrogen and oxygen atoms in total. The van der Waals surface area contributed by atoms with Crippen LogP contribution in [0.5, 0.6) is 5.75 Å². The minimum absolute atomic E-state index is 0.0230. The minimum atomic E-state index is -0.609. The molecule has 0 aliphatic carbocycles. The molecule has 142 valence electrons. The summed E-state index contributed by atoms with van der Waals surface area (Å²) in [5.74, 6) is 0.399. The van der Waals surface area contributed by atoms with Gasteiger partial charge in [0.1, 0.15) is 18.0 Å². The monoisotopic (exact) mass is 377 g/mol. The number of carbonyl (C=O) groups is 1. The maximum Gasteiger partial charge on any atom is 0.292 e. The maximum atomic E-state index is 12.2. The highest BCUT2D eigenvalue weighted by Crippen LogP contribution is 2.22. The standard InChI is InChI=1S/C21H19N3O4/c22-19-11-10-17(12-20(19)24(26)27)21(25)23-13-15-6-8-16(9-7-15)14-28-18-4-2-1-3-5-18/h1-12H,13-14,22H2,(H,23,25). The number of rotatable bonds is 7. The molecule has 0 aliphatic heterocycles. The van der Waals surface area contributed by atoms with Gasteiger partial charge in [-0.05, 0) is 35.4 Å². The number of anilines is 1. The molecule has 3 aromatic rings. The lowest BCUT2D eigenvalue weighted by Crippen LogP contribution is -2.23. The van der Waals surface area contributed by atoms with Gasteiger partial charge in [0.2, 0.25) is 0 Å². The molecule has 1 amide bonds. The first-order chi connectivity index (χ1) is 13.5. The molecule has 3 rings (SSSR count). The van der Waals surface area contributed by atoms with Crippen LogP contribution in [0.4, 0.5) is 11.4 Å². The number of amides is 1. The summed E-state index contributed by atoms with van der Waals surface area (Å²) in [6.45, 7) is 0.753. The van der Waals surface area contributed by atoms with Crippen molar-refractivity contribution in [2.24, 2.45) is 0 Å². The van der Waals surface area contributed by atoms with Crippen LogP contribution in [0.2, 0.25) is 0 Å². The number of nitrogens with zero attached hydrogens (tertiary/aromatic N) is 1. The third-order valence-electron chi connectivity index (χ3n) is 4.11. The van der Waals surface area contributed by atoms with Crippen LogP contribution in [0.15, 0.2) is 72.8 Å². The third-order valence-corrected chi connectivity index (χ3v) is 4.11. The zero-order valence-corrected chi connectivity index (χ0v) is 15.0. The van der Waals surface area contributed by atoms with E-state index < -0.39 is 10.8 Å². The number of hydrogen-bond acceptors (Lipinski definition) is 5. The number of nitro benzene ring substituents is 1. The summed E-state index contributed by atoms with van der Waals surface area (Å²) in [4.78, 5) is 22.6. The van der Waals surface area contributed by atoms with Crippen molar-refractivity contribution in [1.29, 1.82) is 0 Å². The highest BCUT2D eigenvalue weighted by Gasteiger charge is 2.15. The van der Waals surface area contributed by atoms with Crippen molar-refractivity contribution in [2.45, 2.75) is 13.2 Å². The number of para-hydroxylation sites is 1. The summed E-state index contributed by atoms with van der Waals surface area (Å²) in [5, 5.41) is 13.7. The van der Waals surface area contributed by atoms with E-state index in [2.05, 4.69) is 5.32 Å². The molecule has 0 radical (unpaired) electrons. The van der Waals surface area contributed by atoms with Crippen molar-refractivity contribution in [3.05, 3.63) is 99.6 Å². The van der Waals surface area contributed by atoms with Crippen LogP contribution >= 0.6 is 0 Å². The van der Waals surface area contributed by atoms with E-state index in [9.17, 15) is 14.9 Å². The number of nitro groups is 1. The van der Waals surface area contributed by atoms with E-state index in [0.29, 0.717) is 13.2 Å². The Balaban J connectivity index is 1.55. The van der Waals surface area contributed by atoms with Crippen molar-refractivity contribution >= 4 is 17.3 Å². The molecule has 0 atom stereocenters. The highest BCUT2D eigenvalue weighted by molar-refractivity contribution is 5.95. The molecular formula is C21H19N3O4. The smallest absolute Gasteiger partial charge is 0.292 e. The van der Waals surface area contributed by atoms with Crippen LogP contribution < -0.4 is 15.8 Å². The molecule has 0 bridgehead atoms. The van der Waals surface area contributed by atoms with E-state index in [-0.39, 0.29) is 16.9 Å². The van der Waals surface area contributed by atoms with E-state index in [1.54, 1.807) is 0 Å². The van der Waals surface area contributed by atoms with E-state index in [1.807, 2.05) is 54.6 Å². The summed E-state index contributed by atoms with van der Waals surface area (Å²) < 4.78 is 5.69. The van der Waals surface area contributed by atoms with Gasteiger partial charge in [0.15, 0.2) is 0 Å². The van der Waals surface area contributed by atoms with Crippen LogP contribution in [0.25, 0.3) is 0 Å². The van der Waals surface area contributed by atoms with Gasteiger partial charge in [-0.2, -0.15) is 0 Å². The van der Waals surface area contributed by atoms with Gasteiger partial charge in [0.25, 0.3) is 11.6 Å². The fraction of sp³-hybridized carbons (Fsp3) is 0.0952. The van der Waals surface area contributed by atoms with Crippen molar-refractivity contribution in [3.8, 4) is 5.75 Å². The van der Waals surface area contributed by atoms with E-state index in [0.717, 1.165) is 16.9 Å². The number of nitrogen functional groups attached to an aromatic ring is 1. The zero-order chi connectivity index (χ0) is 19.9. The summed E-state index contributed by atoms with van der Waals surface area (Å²) in [6, 6.07) is 21.2. The Morgan fingerprint density at radius 3 is 2.36 bits per heavy atom. The molecule has 3 N–H and O–H groups in total. The second-order valence-corrected chi connectivity index (χ2v) is 6.13. The molecule has 0 spiro atoms. The lowest BCUT2D eigenvalue weighted by atomic mass is 10.1. The fourth-order valence-corrected chi connectivity index (χ4v) is 2.56. The summed E-state index contributed by atoms with van der Waals surface area (Å²) in [5.41, 5.74) is 7.39. The Hall–Kier alpha value is -3.87.